The highest BCUT2D eigenvalue weighted by Crippen LogP contribution is 2.24. The first kappa shape index (κ1) is 14.0. The summed E-state index contributed by atoms with van der Waals surface area (Å²) in [6.45, 7) is 0.370. The van der Waals surface area contributed by atoms with E-state index in [1.165, 1.54) is 0 Å². The number of nitrogens with one attached hydrogen (secondary N) is 1. The first-order valence-electron chi connectivity index (χ1n) is 6.78. The number of aromatic amines is 1. The van der Waals surface area contributed by atoms with Gasteiger partial charge in [0.25, 0.3) is 0 Å². The highest BCUT2D eigenvalue weighted by molar-refractivity contribution is 5.59. The van der Waals surface area contributed by atoms with E-state index in [0.717, 1.165) is 11.5 Å². The van der Waals surface area contributed by atoms with Crippen LogP contribution in [0, 0.1) is 0 Å². The lowest BCUT2D eigenvalue weighted by atomic mass is 10.2. The molecule has 7 heteroatoms. The molecule has 2 heterocycles. The van der Waals surface area contributed by atoms with Gasteiger partial charge in [-0.05, 0) is 24.3 Å². The SMILES string of the molecule is N[C@@H](CN(c1ccccc1)c1ccccn1)c1n[nH]c(=O)o1. The molecule has 0 bridgehead atoms. The molecule has 0 spiro atoms. The minimum atomic E-state index is -0.616. The summed E-state index contributed by atoms with van der Waals surface area (Å²) in [4.78, 5) is 17.4. The Labute approximate surface area is 126 Å². The molecule has 1 aromatic carbocycles. The Morgan fingerprint density at radius 2 is 1.95 bits per heavy atom. The van der Waals surface area contributed by atoms with Crippen molar-refractivity contribution in [3.05, 3.63) is 71.2 Å². The van der Waals surface area contributed by atoms with E-state index in [0.29, 0.717) is 6.54 Å². The lowest BCUT2D eigenvalue weighted by Crippen LogP contribution is -2.29. The van der Waals surface area contributed by atoms with Crippen molar-refractivity contribution < 1.29 is 4.42 Å². The van der Waals surface area contributed by atoms with Crippen LogP contribution in [0.25, 0.3) is 0 Å². The molecule has 0 aliphatic heterocycles. The molecule has 0 saturated carbocycles. The van der Waals surface area contributed by atoms with Crippen LogP contribution in [0.4, 0.5) is 11.5 Å². The molecule has 3 rings (SSSR count). The molecular formula is C15H15N5O2. The van der Waals surface area contributed by atoms with Gasteiger partial charge in [-0.1, -0.05) is 24.3 Å². The highest BCUT2D eigenvalue weighted by atomic mass is 16.4. The summed E-state index contributed by atoms with van der Waals surface area (Å²) in [6.07, 6.45) is 1.71. The van der Waals surface area contributed by atoms with Gasteiger partial charge in [-0.15, -0.1) is 5.10 Å². The zero-order valence-electron chi connectivity index (χ0n) is 11.7. The number of H-pyrrole nitrogens is 1. The summed E-state index contributed by atoms with van der Waals surface area (Å²) < 4.78 is 4.92. The van der Waals surface area contributed by atoms with E-state index in [-0.39, 0.29) is 5.89 Å². The lowest BCUT2D eigenvalue weighted by Gasteiger charge is -2.25. The summed E-state index contributed by atoms with van der Waals surface area (Å²) in [5.41, 5.74) is 7.04. The van der Waals surface area contributed by atoms with Crippen LogP contribution < -0.4 is 16.4 Å². The van der Waals surface area contributed by atoms with Crippen LogP contribution in [0.3, 0.4) is 0 Å². The predicted molar refractivity (Wildman–Crippen MR) is 81.7 cm³/mol. The quantitative estimate of drug-likeness (QED) is 0.741. The van der Waals surface area contributed by atoms with E-state index < -0.39 is 11.8 Å². The van der Waals surface area contributed by atoms with Gasteiger partial charge in [0.2, 0.25) is 5.89 Å². The molecule has 0 aliphatic carbocycles. The predicted octanol–water partition coefficient (Wildman–Crippen LogP) is 1.60. The fraction of sp³-hybridized carbons (Fsp3) is 0.133. The molecule has 2 aromatic heterocycles. The average Bonchev–Trinajstić information content (AvgIpc) is 3.01. The summed E-state index contributed by atoms with van der Waals surface area (Å²) in [5.74, 6) is 0.304. The normalized spacial score (nSPS) is 12.0. The summed E-state index contributed by atoms with van der Waals surface area (Å²) in [7, 11) is 0. The number of para-hydroxylation sites is 1. The third-order valence-corrected chi connectivity index (χ3v) is 3.14. The van der Waals surface area contributed by atoms with Crippen LogP contribution in [0.1, 0.15) is 11.9 Å². The molecule has 0 unspecified atom stereocenters. The van der Waals surface area contributed by atoms with Gasteiger partial charge >= 0.3 is 5.76 Å². The molecule has 0 aliphatic rings. The minimum Gasteiger partial charge on any atom is -0.391 e. The number of benzene rings is 1. The smallest absolute Gasteiger partial charge is 0.391 e. The molecule has 7 nitrogen and oxygen atoms in total. The molecule has 0 radical (unpaired) electrons. The number of nitrogens with two attached hydrogens (primary N) is 1. The molecule has 3 N–H and O–H groups in total. The van der Waals surface area contributed by atoms with Gasteiger partial charge in [0.15, 0.2) is 0 Å². The van der Waals surface area contributed by atoms with E-state index in [9.17, 15) is 4.79 Å². The van der Waals surface area contributed by atoms with Crippen molar-refractivity contribution in [2.45, 2.75) is 6.04 Å². The Morgan fingerprint density at radius 1 is 1.18 bits per heavy atom. The van der Waals surface area contributed by atoms with Crippen molar-refractivity contribution in [3.63, 3.8) is 0 Å². The zero-order valence-corrected chi connectivity index (χ0v) is 11.7. The Kier molecular flexibility index (Phi) is 3.97. The minimum absolute atomic E-state index is 0.168. The fourth-order valence-corrected chi connectivity index (χ4v) is 2.13. The van der Waals surface area contributed by atoms with Gasteiger partial charge in [-0.25, -0.2) is 14.9 Å². The highest BCUT2D eigenvalue weighted by Gasteiger charge is 2.19. The first-order valence-corrected chi connectivity index (χ1v) is 6.78. The summed E-state index contributed by atoms with van der Waals surface area (Å²) >= 11 is 0. The molecule has 22 heavy (non-hydrogen) atoms. The second-order valence-corrected chi connectivity index (χ2v) is 4.69. The molecule has 0 amide bonds. The Hall–Kier alpha value is -2.93. The van der Waals surface area contributed by atoms with Crippen molar-refractivity contribution in [2.24, 2.45) is 5.73 Å². The molecule has 0 fully saturated rings. The number of hydrogen-bond acceptors (Lipinski definition) is 6. The molecule has 112 valence electrons. The maximum atomic E-state index is 11.1. The fourth-order valence-electron chi connectivity index (χ4n) is 2.13. The summed E-state index contributed by atoms with van der Waals surface area (Å²) in [6, 6.07) is 14.8. The van der Waals surface area contributed by atoms with Crippen molar-refractivity contribution in [1.29, 1.82) is 0 Å². The van der Waals surface area contributed by atoms with Gasteiger partial charge < -0.3 is 15.1 Å². The maximum Gasteiger partial charge on any atom is 0.434 e. The van der Waals surface area contributed by atoms with Gasteiger partial charge in [0.1, 0.15) is 11.9 Å². The Bertz CT molecular complexity index is 730. The van der Waals surface area contributed by atoms with E-state index >= 15 is 0 Å². The monoisotopic (exact) mass is 297 g/mol. The van der Waals surface area contributed by atoms with Crippen LogP contribution in [-0.4, -0.2) is 21.7 Å². The number of aromatic nitrogens is 3. The molecule has 1 atom stereocenters. The maximum absolute atomic E-state index is 11.1. The average molecular weight is 297 g/mol. The molecule has 3 aromatic rings. The number of anilines is 2. The molecule has 0 saturated heterocycles. The van der Waals surface area contributed by atoms with Crippen LogP contribution in [0.15, 0.2) is 63.9 Å². The topological polar surface area (TPSA) is 101 Å². The zero-order chi connectivity index (χ0) is 15.4. The second kappa shape index (κ2) is 6.23. The number of hydrogen-bond donors (Lipinski definition) is 2. The van der Waals surface area contributed by atoms with E-state index in [1.807, 2.05) is 53.4 Å². The van der Waals surface area contributed by atoms with Crippen LogP contribution in [-0.2, 0) is 0 Å². The van der Waals surface area contributed by atoms with Gasteiger partial charge in [-0.3, -0.25) is 0 Å². The number of rotatable bonds is 5. The van der Waals surface area contributed by atoms with Crippen molar-refractivity contribution in [2.75, 3.05) is 11.4 Å². The lowest BCUT2D eigenvalue weighted by molar-refractivity contribution is 0.427. The van der Waals surface area contributed by atoms with Gasteiger partial charge in [0.05, 0.1) is 0 Å². The van der Waals surface area contributed by atoms with Crippen LogP contribution >= 0.6 is 0 Å². The third kappa shape index (κ3) is 3.04. The van der Waals surface area contributed by atoms with E-state index in [2.05, 4.69) is 15.2 Å². The summed E-state index contributed by atoms with van der Waals surface area (Å²) in [5, 5.41) is 6.00. The largest absolute Gasteiger partial charge is 0.434 e. The first-order chi connectivity index (χ1) is 10.7. The van der Waals surface area contributed by atoms with Crippen LogP contribution in [0.2, 0.25) is 0 Å². The standard InChI is InChI=1S/C15H15N5O2/c16-12(14-18-19-15(21)22-14)10-20(11-6-2-1-3-7-11)13-8-4-5-9-17-13/h1-9,12H,10,16H2,(H,19,21)/t12-/m0/s1. The van der Waals surface area contributed by atoms with E-state index in [1.54, 1.807) is 6.20 Å². The van der Waals surface area contributed by atoms with Crippen LogP contribution in [0.5, 0.6) is 0 Å². The van der Waals surface area contributed by atoms with Gasteiger partial charge in [-0.2, -0.15) is 0 Å². The van der Waals surface area contributed by atoms with Crippen molar-refractivity contribution in [1.82, 2.24) is 15.2 Å². The van der Waals surface area contributed by atoms with E-state index in [4.69, 9.17) is 10.2 Å². The van der Waals surface area contributed by atoms with Gasteiger partial charge in [0, 0.05) is 18.4 Å². The number of pyridine rings is 1. The van der Waals surface area contributed by atoms with Crippen molar-refractivity contribution >= 4 is 11.5 Å². The molecular weight excluding hydrogens is 282 g/mol. The number of nitrogens with zero attached hydrogens (tertiary/aromatic N) is 3. The Morgan fingerprint density at radius 3 is 2.59 bits per heavy atom. The Balaban J connectivity index is 1.91. The third-order valence-electron chi connectivity index (χ3n) is 3.14. The second-order valence-electron chi connectivity index (χ2n) is 4.69. The van der Waals surface area contributed by atoms with Crippen molar-refractivity contribution in [3.8, 4) is 0 Å².